The lowest BCUT2D eigenvalue weighted by Gasteiger charge is -2.31. The molecule has 0 aliphatic carbocycles. The van der Waals surface area contributed by atoms with Crippen LogP contribution in [0.2, 0.25) is 0 Å². The van der Waals surface area contributed by atoms with Crippen molar-refractivity contribution < 1.29 is 19.8 Å². The van der Waals surface area contributed by atoms with E-state index in [1.165, 1.54) is 0 Å². The molecule has 0 atom stereocenters. The first-order chi connectivity index (χ1) is 11.4. The third-order valence-corrected chi connectivity index (χ3v) is 4.15. The molecular formula is C20H20O4. The molecule has 0 amide bonds. The zero-order chi connectivity index (χ0) is 17.6. The van der Waals surface area contributed by atoms with Gasteiger partial charge in [-0.15, -0.1) is 0 Å². The maximum absolute atomic E-state index is 12.2. The molecule has 0 saturated heterocycles. The molecule has 0 spiro atoms. The van der Waals surface area contributed by atoms with Crippen molar-refractivity contribution in [2.75, 3.05) is 0 Å². The van der Waals surface area contributed by atoms with Gasteiger partial charge in [-0.25, -0.2) is 0 Å². The van der Waals surface area contributed by atoms with Crippen LogP contribution in [0.5, 0.6) is 0 Å². The summed E-state index contributed by atoms with van der Waals surface area (Å²) < 4.78 is 0. The summed E-state index contributed by atoms with van der Waals surface area (Å²) in [5.74, 6) is -2.13. The van der Waals surface area contributed by atoms with Gasteiger partial charge >= 0.3 is 11.9 Å². The molecule has 0 aromatic heterocycles. The summed E-state index contributed by atoms with van der Waals surface area (Å²) in [5, 5.41) is 19.1. The van der Waals surface area contributed by atoms with Gasteiger partial charge < -0.3 is 10.2 Å². The van der Waals surface area contributed by atoms with E-state index in [-0.39, 0.29) is 24.8 Å². The summed E-state index contributed by atoms with van der Waals surface area (Å²) >= 11 is 0. The molecule has 4 nitrogen and oxygen atoms in total. The number of aliphatic carboxylic acids is 2. The molecule has 2 rings (SSSR count). The van der Waals surface area contributed by atoms with Crippen LogP contribution in [0.1, 0.15) is 17.5 Å². The second kappa shape index (κ2) is 7.59. The molecule has 0 aliphatic rings. The van der Waals surface area contributed by atoms with Crippen LogP contribution in [-0.4, -0.2) is 22.2 Å². The molecule has 24 heavy (non-hydrogen) atoms. The fourth-order valence-corrected chi connectivity index (χ4v) is 2.86. The Morgan fingerprint density at radius 3 is 1.58 bits per heavy atom. The highest BCUT2D eigenvalue weighted by atomic mass is 16.4. The van der Waals surface area contributed by atoms with Crippen LogP contribution in [0.25, 0.3) is 0 Å². The van der Waals surface area contributed by atoms with Crippen LogP contribution in [-0.2, 0) is 22.4 Å². The van der Waals surface area contributed by atoms with Gasteiger partial charge in [0, 0.05) is 0 Å². The van der Waals surface area contributed by atoms with Crippen molar-refractivity contribution in [2.45, 2.75) is 19.3 Å². The van der Waals surface area contributed by atoms with E-state index in [4.69, 9.17) is 5.11 Å². The quantitative estimate of drug-likeness (QED) is 0.728. The Morgan fingerprint density at radius 1 is 0.833 bits per heavy atom. The molecule has 0 radical (unpaired) electrons. The van der Waals surface area contributed by atoms with Crippen molar-refractivity contribution in [1.82, 2.24) is 0 Å². The lowest BCUT2D eigenvalue weighted by Crippen LogP contribution is -2.38. The van der Waals surface area contributed by atoms with Gasteiger partial charge in [-0.1, -0.05) is 67.2 Å². The Balaban J connectivity index is 2.45. The lowest BCUT2D eigenvalue weighted by atomic mass is 9.70. The zero-order valence-electron chi connectivity index (χ0n) is 13.3. The van der Waals surface area contributed by atoms with E-state index < -0.39 is 17.4 Å². The van der Waals surface area contributed by atoms with Gasteiger partial charge in [0.05, 0.1) is 11.8 Å². The minimum absolute atomic E-state index is 0.199. The average Bonchev–Trinajstić information content (AvgIpc) is 2.55. The van der Waals surface area contributed by atoms with E-state index >= 15 is 0 Å². The second-order valence-electron chi connectivity index (χ2n) is 5.89. The fourth-order valence-electron chi connectivity index (χ4n) is 2.86. The van der Waals surface area contributed by atoms with Gasteiger partial charge in [0.1, 0.15) is 0 Å². The molecule has 0 bridgehead atoms. The van der Waals surface area contributed by atoms with Crippen LogP contribution < -0.4 is 0 Å². The van der Waals surface area contributed by atoms with E-state index in [1.54, 1.807) is 0 Å². The molecule has 0 unspecified atom stereocenters. The van der Waals surface area contributed by atoms with Crippen molar-refractivity contribution in [3.8, 4) is 0 Å². The van der Waals surface area contributed by atoms with Crippen molar-refractivity contribution in [2.24, 2.45) is 5.41 Å². The first-order valence-corrected chi connectivity index (χ1v) is 7.65. The molecular weight excluding hydrogens is 304 g/mol. The van der Waals surface area contributed by atoms with Crippen molar-refractivity contribution in [1.29, 1.82) is 0 Å². The smallest absolute Gasteiger partial charge is 0.314 e. The van der Waals surface area contributed by atoms with Gasteiger partial charge in [-0.2, -0.15) is 0 Å². The van der Waals surface area contributed by atoms with Crippen LogP contribution in [0.15, 0.2) is 72.8 Å². The van der Waals surface area contributed by atoms with Crippen molar-refractivity contribution in [3.63, 3.8) is 0 Å². The van der Waals surface area contributed by atoms with Crippen LogP contribution in [0, 0.1) is 5.41 Å². The Kier molecular flexibility index (Phi) is 5.53. The summed E-state index contributed by atoms with van der Waals surface area (Å²) in [6, 6.07) is 18.4. The SMILES string of the molecule is C=C(CC(=O)O)C(Cc1ccccc1)(Cc1ccccc1)C(=O)O. The van der Waals surface area contributed by atoms with E-state index in [0.29, 0.717) is 0 Å². The topological polar surface area (TPSA) is 74.6 Å². The minimum atomic E-state index is -1.36. The predicted molar refractivity (Wildman–Crippen MR) is 91.8 cm³/mol. The zero-order valence-corrected chi connectivity index (χ0v) is 13.3. The standard InChI is InChI=1S/C20H20O4/c1-15(12-18(21)22)20(19(23)24,13-16-8-4-2-5-9-16)14-17-10-6-3-7-11-17/h2-11H,1,12-14H2,(H,21,22)(H,23,24). The largest absolute Gasteiger partial charge is 0.481 e. The number of rotatable bonds is 8. The predicted octanol–water partition coefficient (Wildman–Crippen LogP) is 3.57. The number of benzene rings is 2. The summed E-state index contributed by atoms with van der Waals surface area (Å²) in [5.41, 5.74) is 0.515. The number of carbonyl (C=O) groups is 2. The van der Waals surface area contributed by atoms with Crippen LogP contribution in [0.4, 0.5) is 0 Å². The van der Waals surface area contributed by atoms with Gasteiger partial charge in [0.25, 0.3) is 0 Å². The number of hydrogen-bond acceptors (Lipinski definition) is 2. The van der Waals surface area contributed by atoms with Gasteiger partial charge in [-0.3, -0.25) is 9.59 Å². The molecule has 0 fully saturated rings. The van der Waals surface area contributed by atoms with Crippen molar-refractivity contribution >= 4 is 11.9 Å². The van der Waals surface area contributed by atoms with Gasteiger partial charge in [-0.05, 0) is 29.5 Å². The summed E-state index contributed by atoms with van der Waals surface area (Å²) in [6.07, 6.45) is 0.0281. The normalized spacial score (nSPS) is 11.0. The first-order valence-electron chi connectivity index (χ1n) is 7.65. The average molecular weight is 324 g/mol. The maximum atomic E-state index is 12.2. The molecule has 2 N–H and O–H groups in total. The van der Waals surface area contributed by atoms with E-state index in [0.717, 1.165) is 11.1 Å². The van der Waals surface area contributed by atoms with E-state index in [1.807, 2.05) is 60.7 Å². The Labute approximate surface area is 141 Å². The Hall–Kier alpha value is -2.88. The molecule has 124 valence electrons. The fraction of sp³-hybridized carbons (Fsp3) is 0.200. The maximum Gasteiger partial charge on any atom is 0.314 e. The lowest BCUT2D eigenvalue weighted by molar-refractivity contribution is -0.147. The van der Waals surface area contributed by atoms with Gasteiger partial charge in [0.2, 0.25) is 0 Å². The second-order valence-corrected chi connectivity index (χ2v) is 5.89. The summed E-state index contributed by atoms with van der Waals surface area (Å²) in [7, 11) is 0. The van der Waals surface area contributed by atoms with E-state index in [2.05, 4.69) is 6.58 Å². The monoisotopic (exact) mass is 324 g/mol. The third-order valence-electron chi connectivity index (χ3n) is 4.15. The highest BCUT2D eigenvalue weighted by molar-refractivity contribution is 5.82. The molecule has 0 saturated carbocycles. The molecule has 4 heteroatoms. The van der Waals surface area contributed by atoms with Gasteiger partial charge in [0.15, 0.2) is 0 Å². The van der Waals surface area contributed by atoms with E-state index in [9.17, 15) is 14.7 Å². The minimum Gasteiger partial charge on any atom is -0.481 e. The molecule has 0 aliphatic heterocycles. The van der Waals surface area contributed by atoms with Crippen LogP contribution >= 0.6 is 0 Å². The first kappa shape index (κ1) is 17.5. The Bertz CT molecular complexity index is 678. The highest BCUT2D eigenvalue weighted by Gasteiger charge is 2.42. The Morgan fingerprint density at radius 2 is 1.25 bits per heavy atom. The summed E-state index contributed by atoms with van der Waals surface area (Å²) in [4.78, 5) is 23.3. The number of hydrogen-bond donors (Lipinski definition) is 2. The number of carboxylic acid groups (broad SMARTS) is 2. The third kappa shape index (κ3) is 4.10. The van der Waals surface area contributed by atoms with Crippen LogP contribution in [0.3, 0.4) is 0 Å². The summed E-state index contributed by atoms with van der Waals surface area (Å²) in [6.45, 7) is 3.82. The molecule has 2 aromatic carbocycles. The molecule has 2 aromatic rings. The highest BCUT2D eigenvalue weighted by Crippen LogP contribution is 2.37. The number of carboxylic acids is 2. The van der Waals surface area contributed by atoms with Crippen molar-refractivity contribution in [3.05, 3.63) is 83.9 Å². The molecule has 0 heterocycles.